The largest absolute Gasteiger partial charge is 0.481 e. The molecule has 0 saturated carbocycles. The zero-order valence-electron chi connectivity index (χ0n) is 10.3. The van der Waals surface area contributed by atoms with Crippen molar-refractivity contribution in [2.75, 3.05) is 33.3 Å². The number of aliphatic hydroxyl groups is 1. The molecule has 6 nitrogen and oxygen atoms in total. The minimum Gasteiger partial charge on any atom is -0.481 e. The van der Waals surface area contributed by atoms with Gasteiger partial charge in [0.2, 0.25) is 0 Å². The van der Waals surface area contributed by atoms with Gasteiger partial charge in [-0.15, -0.1) is 0 Å². The van der Waals surface area contributed by atoms with Crippen LogP contribution in [0.1, 0.15) is 19.8 Å². The van der Waals surface area contributed by atoms with E-state index in [1.165, 1.54) is 4.90 Å². The number of likely N-dealkylation sites (tertiary alicyclic amines) is 1. The molecule has 6 heteroatoms. The smallest absolute Gasteiger partial charge is 0.319 e. The van der Waals surface area contributed by atoms with E-state index in [1.54, 1.807) is 11.9 Å². The molecular formula is C11H20N2O4. The van der Waals surface area contributed by atoms with Crippen LogP contribution < -0.4 is 0 Å². The second kappa shape index (κ2) is 5.35. The average Bonchev–Trinajstić information content (AvgIpc) is 2.74. The third-order valence-electron chi connectivity index (χ3n) is 3.52. The van der Waals surface area contributed by atoms with Crippen LogP contribution >= 0.6 is 0 Å². The number of nitrogens with zero attached hydrogens (tertiary/aromatic N) is 2. The van der Waals surface area contributed by atoms with Gasteiger partial charge in [-0.05, 0) is 12.8 Å². The summed E-state index contributed by atoms with van der Waals surface area (Å²) in [5, 5.41) is 18.0. The number of carbonyl (C=O) groups is 2. The Hall–Kier alpha value is -1.30. The summed E-state index contributed by atoms with van der Waals surface area (Å²) in [5.41, 5.74) is -0.796. The van der Waals surface area contributed by atoms with E-state index in [-0.39, 0.29) is 25.7 Å². The van der Waals surface area contributed by atoms with Gasteiger partial charge in [-0.3, -0.25) is 4.79 Å². The molecule has 0 aromatic heterocycles. The first-order valence-electron chi connectivity index (χ1n) is 5.81. The third kappa shape index (κ3) is 2.69. The topological polar surface area (TPSA) is 81.1 Å². The van der Waals surface area contributed by atoms with Crippen molar-refractivity contribution in [1.29, 1.82) is 0 Å². The van der Waals surface area contributed by atoms with E-state index in [9.17, 15) is 14.7 Å². The molecule has 0 aliphatic carbocycles. The molecule has 0 radical (unpaired) electrons. The number of carbonyl (C=O) groups excluding carboxylic acids is 1. The zero-order valence-corrected chi connectivity index (χ0v) is 10.3. The Morgan fingerprint density at radius 1 is 1.47 bits per heavy atom. The number of aliphatic hydroxyl groups excluding tert-OH is 1. The minimum absolute atomic E-state index is 0.0894. The maximum Gasteiger partial charge on any atom is 0.319 e. The van der Waals surface area contributed by atoms with Crippen LogP contribution in [0.25, 0.3) is 0 Å². The maximum atomic E-state index is 11.9. The molecule has 1 unspecified atom stereocenters. The van der Waals surface area contributed by atoms with Crippen LogP contribution in [0.2, 0.25) is 0 Å². The highest BCUT2D eigenvalue weighted by Crippen LogP contribution is 2.34. The number of amides is 2. The number of likely N-dealkylation sites (N-methyl/N-ethyl adjacent to an activating group) is 1. The van der Waals surface area contributed by atoms with Crippen molar-refractivity contribution >= 4 is 12.0 Å². The lowest BCUT2D eigenvalue weighted by Crippen LogP contribution is -2.43. The van der Waals surface area contributed by atoms with Gasteiger partial charge in [0.15, 0.2) is 0 Å². The van der Waals surface area contributed by atoms with Gasteiger partial charge in [0, 0.05) is 26.7 Å². The second-order valence-corrected chi connectivity index (χ2v) is 4.54. The third-order valence-corrected chi connectivity index (χ3v) is 3.52. The van der Waals surface area contributed by atoms with E-state index in [4.69, 9.17) is 5.11 Å². The predicted octanol–water partition coefficient (Wildman–Crippen LogP) is 0.217. The molecule has 1 atom stereocenters. The molecule has 1 heterocycles. The zero-order chi connectivity index (χ0) is 13.1. The van der Waals surface area contributed by atoms with Crippen LogP contribution in [-0.4, -0.2) is 65.3 Å². The maximum absolute atomic E-state index is 11.9. The number of hydrogen-bond acceptors (Lipinski definition) is 3. The van der Waals surface area contributed by atoms with Crippen LogP contribution in [0.4, 0.5) is 4.79 Å². The molecule has 0 aromatic carbocycles. The van der Waals surface area contributed by atoms with E-state index in [1.807, 2.05) is 6.92 Å². The molecule has 1 aliphatic heterocycles. The molecule has 1 fully saturated rings. The van der Waals surface area contributed by atoms with Crippen molar-refractivity contribution in [2.45, 2.75) is 19.8 Å². The number of hydrogen-bond donors (Lipinski definition) is 2. The summed E-state index contributed by atoms with van der Waals surface area (Å²) in [4.78, 5) is 26.1. The lowest BCUT2D eigenvalue weighted by molar-refractivity contribution is -0.148. The number of urea groups is 1. The van der Waals surface area contributed by atoms with Crippen molar-refractivity contribution in [3.63, 3.8) is 0 Å². The first-order valence-corrected chi connectivity index (χ1v) is 5.81. The highest BCUT2D eigenvalue weighted by Gasteiger charge is 2.45. The Kier molecular flexibility index (Phi) is 4.34. The summed E-state index contributed by atoms with van der Waals surface area (Å²) in [6, 6.07) is -0.212. The summed E-state index contributed by atoms with van der Waals surface area (Å²) < 4.78 is 0. The molecule has 1 saturated heterocycles. The van der Waals surface area contributed by atoms with Gasteiger partial charge in [0.05, 0.1) is 12.0 Å². The first kappa shape index (κ1) is 13.8. The quantitative estimate of drug-likeness (QED) is 0.741. The van der Waals surface area contributed by atoms with E-state index in [0.29, 0.717) is 19.4 Å². The van der Waals surface area contributed by atoms with Crippen molar-refractivity contribution in [1.82, 2.24) is 9.80 Å². The minimum atomic E-state index is -0.833. The van der Waals surface area contributed by atoms with E-state index in [0.717, 1.165) is 0 Å². The highest BCUT2D eigenvalue weighted by molar-refractivity contribution is 5.79. The summed E-state index contributed by atoms with van der Waals surface area (Å²) in [6.45, 7) is 2.73. The fourth-order valence-electron chi connectivity index (χ4n) is 2.14. The van der Waals surface area contributed by atoms with Crippen molar-refractivity contribution in [2.24, 2.45) is 5.41 Å². The van der Waals surface area contributed by atoms with Crippen LogP contribution in [0.5, 0.6) is 0 Å². The second-order valence-electron chi connectivity index (χ2n) is 4.54. The summed E-state index contributed by atoms with van der Waals surface area (Å²) >= 11 is 0. The van der Waals surface area contributed by atoms with Crippen molar-refractivity contribution in [3.05, 3.63) is 0 Å². The van der Waals surface area contributed by atoms with Gasteiger partial charge in [-0.25, -0.2) is 4.79 Å². The van der Waals surface area contributed by atoms with Crippen LogP contribution in [-0.2, 0) is 4.79 Å². The van der Waals surface area contributed by atoms with Gasteiger partial charge in [-0.2, -0.15) is 0 Å². The Labute approximate surface area is 101 Å². The average molecular weight is 244 g/mol. The number of carboxylic acids is 1. The predicted molar refractivity (Wildman–Crippen MR) is 61.7 cm³/mol. The van der Waals surface area contributed by atoms with Crippen molar-refractivity contribution < 1.29 is 19.8 Å². The first-order chi connectivity index (χ1) is 7.96. The number of carboxylic acid groups (broad SMARTS) is 1. The molecule has 1 rings (SSSR count). The fourth-order valence-corrected chi connectivity index (χ4v) is 2.14. The molecule has 1 aliphatic rings. The lowest BCUT2D eigenvalue weighted by Gasteiger charge is -2.26. The Balaban J connectivity index is 2.66. The van der Waals surface area contributed by atoms with Gasteiger partial charge in [0.1, 0.15) is 0 Å². The number of rotatable bonds is 4. The summed E-state index contributed by atoms with van der Waals surface area (Å²) in [5.74, 6) is -0.833. The van der Waals surface area contributed by atoms with Crippen LogP contribution in [0.3, 0.4) is 0 Å². The molecule has 17 heavy (non-hydrogen) atoms. The van der Waals surface area contributed by atoms with Crippen LogP contribution in [0, 0.1) is 5.41 Å². The molecule has 2 N–H and O–H groups in total. The summed E-state index contributed by atoms with van der Waals surface area (Å²) in [6.07, 6.45) is 1.02. The monoisotopic (exact) mass is 244 g/mol. The summed E-state index contributed by atoms with van der Waals surface area (Å²) in [7, 11) is 1.60. The number of aliphatic carboxylic acids is 1. The molecular weight excluding hydrogens is 224 g/mol. The van der Waals surface area contributed by atoms with E-state index >= 15 is 0 Å². The van der Waals surface area contributed by atoms with Gasteiger partial charge in [0.25, 0.3) is 0 Å². The van der Waals surface area contributed by atoms with Crippen molar-refractivity contribution in [3.8, 4) is 0 Å². The Morgan fingerprint density at radius 3 is 2.53 bits per heavy atom. The highest BCUT2D eigenvalue weighted by atomic mass is 16.4. The van der Waals surface area contributed by atoms with E-state index in [2.05, 4.69) is 0 Å². The molecule has 98 valence electrons. The Morgan fingerprint density at radius 2 is 2.12 bits per heavy atom. The van der Waals surface area contributed by atoms with Gasteiger partial charge in [-0.1, -0.05) is 6.92 Å². The molecule has 0 bridgehead atoms. The van der Waals surface area contributed by atoms with Crippen LogP contribution in [0.15, 0.2) is 0 Å². The van der Waals surface area contributed by atoms with Gasteiger partial charge < -0.3 is 20.0 Å². The van der Waals surface area contributed by atoms with Gasteiger partial charge >= 0.3 is 12.0 Å². The molecule has 0 aromatic rings. The fraction of sp³-hybridized carbons (Fsp3) is 0.818. The Bertz CT molecular complexity index is 308. The molecule has 2 amide bonds. The standard InChI is InChI=1S/C11H20N2O4/c1-3-11(9(15)16)4-5-13(8-11)10(17)12(2)6-7-14/h14H,3-8H2,1-2H3,(H,15,16). The normalized spacial score (nSPS) is 23.8. The lowest BCUT2D eigenvalue weighted by atomic mass is 9.84. The SMILES string of the molecule is CCC1(C(=O)O)CCN(C(=O)N(C)CCO)C1. The molecule has 0 spiro atoms. The van der Waals surface area contributed by atoms with E-state index < -0.39 is 11.4 Å².